The van der Waals surface area contributed by atoms with Gasteiger partial charge in [0.05, 0.1) is 16.9 Å². The molecule has 116 valence electrons. The van der Waals surface area contributed by atoms with E-state index >= 15 is 0 Å². The van der Waals surface area contributed by atoms with Crippen molar-refractivity contribution in [2.45, 2.75) is 31.2 Å². The van der Waals surface area contributed by atoms with Gasteiger partial charge in [0.25, 0.3) is 0 Å². The van der Waals surface area contributed by atoms with Crippen LogP contribution >= 0.6 is 0 Å². The maximum Gasteiger partial charge on any atom is 0.211 e. The average Bonchev–Trinajstić information content (AvgIpc) is 2.93. The second-order valence-electron chi connectivity index (χ2n) is 6.37. The molecule has 0 fully saturated rings. The van der Waals surface area contributed by atoms with Crippen LogP contribution in [0, 0.1) is 6.92 Å². The second-order valence-corrected chi connectivity index (χ2v) is 8.19. The van der Waals surface area contributed by atoms with Gasteiger partial charge in [0.15, 0.2) is 0 Å². The maximum absolute atomic E-state index is 13.2. The van der Waals surface area contributed by atoms with Gasteiger partial charge in [-0.3, -0.25) is 9.98 Å². The van der Waals surface area contributed by atoms with Crippen LogP contribution in [-0.4, -0.2) is 24.7 Å². The molecule has 0 saturated heterocycles. The number of allylic oxidation sites excluding steroid dienone is 1. The monoisotopic (exact) mass is 324 g/mol. The van der Waals surface area contributed by atoms with Crippen LogP contribution in [0.4, 0.5) is 0 Å². The summed E-state index contributed by atoms with van der Waals surface area (Å²) < 4.78 is 26.4. The molecule has 3 heterocycles. The number of sulfone groups is 1. The van der Waals surface area contributed by atoms with E-state index in [-0.39, 0.29) is 0 Å². The Hall–Kier alpha value is -2.27. The van der Waals surface area contributed by atoms with Gasteiger partial charge in [-0.1, -0.05) is 30.3 Å². The fourth-order valence-electron chi connectivity index (χ4n) is 3.48. The third kappa shape index (κ3) is 1.80. The normalized spacial score (nSPS) is 20.2. The molecule has 2 aromatic rings. The standard InChI is InChI=1S/C18H16N2O2S/c1-11-16-13(9-10-19-11)14-17(23(16,21)22)15(20-18(14,2)3)12-7-5-4-6-8-12/h4-10H,1-3H3. The zero-order valence-corrected chi connectivity index (χ0v) is 14.0. The molecule has 23 heavy (non-hydrogen) atoms. The molecule has 2 aliphatic heterocycles. The Labute approximate surface area is 135 Å². The lowest BCUT2D eigenvalue weighted by Gasteiger charge is -2.19. The first kappa shape index (κ1) is 14.3. The van der Waals surface area contributed by atoms with E-state index in [1.165, 1.54) is 0 Å². The van der Waals surface area contributed by atoms with Gasteiger partial charge in [0.2, 0.25) is 9.84 Å². The highest BCUT2D eigenvalue weighted by atomic mass is 32.2. The quantitative estimate of drug-likeness (QED) is 0.809. The molecule has 0 N–H and O–H groups in total. The van der Waals surface area contributed by atoms with Crippen LogP contribution < -0.4 is 0 Å². The number of hydrogen-bond acceptors (Lipinski definition) is 4. The molecule has 1 aromatic carbocycles. The Morgan fingerprint density at radius 1 is 1.04 bits per heavy atom. The molecule has 0 bridgehead atoms. The van der Waals surface area contributed by atoms with Gasteiger partial charge < -0.3 is 0 Å². The SMILES string of the molecule is Cc1nccc2c1S(=O)(=O)C1=C2C(C)(C)N=C1c1ccccc1. The minimum absolute atomic E-state index is 0.335. The van der Waals surface area contributed by atoms with E-state index in [0.29, 0.717) is 21.2 Å². The smallest absolute Gasteiger partial charge is 0.211 e. The lowest BCUT2D eigenvalue weighted by Crippen LogP contribution is -2.17. The Bertz CT molecular complexity index is 1000. The summed E-state index contributed by atoms with van der Waals surface area (Å²) in [5, 5.41) is 0. The molecular formula is C18H16N2O2S. The number of nitrogens with zero attached hydrogens (tertiary/aromatic N) is 2. The number of rotatable bonds is 1. The first-order valence-corrected chi connectivity index (χ1v) is 8.94. The van der Waals surface area contributed by atoms with Crippen LogP contribution in [-0.2, 0) is 9.84 Å². The van der Waals surface area contributed by atoms with Crippen molar-refractivity contribution in [3.8, 4) is 0 Å². The number of aliphatic imine (C=N–C) groups is 1. The van der Waals surface area contributed by atoms with Crippen LogP contribution in [0.15, 0.2) is 57.4 Å². The van der Waals surface area contributed by atoms with Gasteiger partial charge in [0.1, 0.15) is 9.80 Å². The van der Waals surface area contributed by atoms with Crippen molar-refractivity contribution in [1.29, 1.82) is 0 Å². The van der Waals surface area contributed by atoms with Crippen LogP contribution in [0.1, 0.15) is 30.7 Å². The Balaban J connectivity index is 2.07. The number of fused-ring (bicyclic) bond motifs is 2. The lowest BCUT2D eigenvalue weighted by molar-refractivity contribution is 0.603. The van der Waals surface area contributed by atoms with E-state index in [1.54, 1.807) is 19.2 Å². The molecule has 0 amide bonds. The summed E-state index contributed by atoms with van der Waals surface area (Å²) >= 11 is 0. The highest BCUT2D eigenvalue weighted by molar-refractivity contribution is 7.97. The minimum Gasteiger partial charge on any atom is -0.272 e. The van der Waals surface area contributed by atoms with Crippen LogP contribution in [0.25, 0.3) is 5.57 Å². The van der Waals surface area contributed by atoms with E-state index in [0.717, 1.165) is 16.7 Å². The Morgan fingerprint density at radius 2 is 1.74 bits per heavy atom. The van der Waals surface area contributed by atoms with Crippen molar-refractivity contribution in [3.63, 3.8) is 0 Å². The fraction of sp³-hybridized carbons (Fsp3) is 0.222. The van der Waals surface area contributed by atoms with Crippen LogP contribution in [0.2, 0.25) is 0 Å². The number of pyridine rings is 1. The molecule has 4 nitrogen and oxygen atoms in total. The fourth-order valence-corrected chi connectivity index (χ4v) is 5.63. The molecule has 0 saturated carbocycles. The van der Waals surface area contributed by atoms with Gasteiger partial charge in [-0.2, -0.15) is 0 Å². The largest absolute Gasteiger partial charge is 0.272 e. The van der Waals surface area contributed by atoms with Gasteiger partial charge in [-0.05, 0) is 26.8 Å². The van der Waals surface area contributed by atoms with Gasteiger partial charge >= 0.3 is 0 Å². The van der Waals surface area contributed by atoms with Crippen molar-refractivity contribution in [1.82, 2.24) is 4.98 Å². The summed E-state index contributed by atoms with van der Waals surface area (Å²) in [5.74, 6) is 0. The van der Waals surface area contributed by atoms with Crippen molar-refractivity contribution in [2.75, 3.05) is 0 Å². The Kier molecular flexibility index (Phi) is 2.73. The molecule has 0 unspecified atom stereocenters. The summed E-state index contributed by atoms with van der Waals surface area (Å²) in [6.45, 7) is 5.65. The third-order valence-electron chi connectivity index (χ3n) is 4.38. The molecule has 0 aliphatic carbocycles. The number of hydrogen-bond donors (Lipinski definition) is 0. The molecule has 0 spiro atoms. The second kappa shape index (κ2) is 4.38. The number of aromatic nitrogens is 1. The summed E-state index contributed by atoms with van der Waals surface area (Å²) in [4.78, 5) is 9.60. The van der Waals surface area contributed by atoms with Crippen LogP contribution in [0.3, 0.4) is 0 Å². The summed E-state index contributed by atoms with van der Waals surface area (Å²) in [7, 11) is -3.60. The predicted octanol–water partition coefficient (Wildman–Crippen LogP) is 3.17. The number of benzene rings is 1. The summed E-state index contributed by atoms with van der Waals surface area (Å²) in [5.41, 5.74) is 2.88. The maximum atomic E-state index is 13.2. The molecule has 5 heteroatoms. The minimum atomic E-state index is -3.60. The van der Waals surface area contributed by atoms with Crippen molar-refractivity contribution < 1.29 is 8.42 Å². The molecular weight excluding hydrogens is 308 g/mol. The van der Waals surface area contributed by atoms with E-state index in [9.17, 15) is 8.42 Å². The topological polar surface area (TPSA) is 59.4 Å². The molecule has 4 rings (SSSR count). The lowest BCUT2D eigenvalue weighted by atomic mass is 9.90. The van der Waals surface area contributed by atoms with E-state index in [2.05, 4.69) is 4.98 Å². The predicted molar refractivity (Wildman–Crippen MR) is 90.1 cm³/mol. The van der Waals surface area contributed by atoms with E-state index in [4.69, 9.17) is 4.99 Å². The van der Waals surface area contributed by atoms with Crippen molar-refractivity contribution >= 4 is 21.1 Å². The first-order chi connectivity index (χ1) is 10.8. The third-order valence-corrected chi connectivity index (χ3v) is 6.37. The van der Waals surface area contributed by atoms with E-state index in [1.807, 2.05) is 44.2 Å². The summed E-state index contributed by atoms with van der Waals surface area (Å²) in [6.07, 6.45) is 1.66. The zero-order chi connectivity index (χ0) is 16.4. The molecule has 2 aliphatic rings. The Morgan fingerprint density at radius 3 is 2.43 bits per heavy atom. The molecule has 1 aromatic heterocycles. The van der Waals surface area contributed by atoms with Gasteiger partial charge in [-0.25, -0.2) is 8.42 Å². The molecule has 0 atom stereocenters. The van der Waals surface area contributed by atoms with E-state index < -0.39 is 15.4 Å². The van der Waals surface area contributed by atoms with Crippen molar-refractivity contribution in [3.05, 3.63) is 64.3 Å². The van der Waals surface area contributed by atoms with Gasteiger partial charge in [0, 0.05) is 22.9 Å². The molecule has 0 radical (unpaired) electrons. The van der Waals surface area contributed by atoms with Crippen molar-refractivity contribution in [2.24, 2.45) is 4.99 Å². The van der Waals surface area contributed by atoms with Gasteiger partial charge in [-0.15, -0.1) is 0 Å². The van der Waals surface area contributed by atoms with Crippen LogP contribution in [0.5, 0.6) is 0 Å². The highest BCUT2D eigenvalue weighted by Crippen LogP contribution is 2.51. The highest BCUT2D eigenvalue weighted by Gasteiger charge is 2.49. The first-order valence-electron chi connectivity index (χ1n) is 7.45. The summed E-state index contributed by atoms with van der Waals surface area (Å²) in [6, 6.07) is 11.3. The number of aryl methyl sites for hydroxylation is 1. The average molecular weight is 324 g/mol. The zero-order valence-electron chi connectivity index (χ0n) is 13.2.